The van der Waals surface area contributed by atoms with Crippen molar-refractivity contribution in [3.05, 3.63) is 33.5 Å². The topological polar surface area (TPSA) is 17.1 Å². The maximum absolute atomic E-state index is 13.2. The van der Waals surface area contributed by atoms with Gasteiger partial charge in [0.15, 0.2) is 5.78 Å². The van der Waals surface area contributed by atoms with Crippen LogP contribution in [0.5, 0.6) is 0 Å². The zero-order valence-electron chi connectivity index (χ0n) is 7.10. The van der Waals surface area contributed by atoms with Crippen molar-refractivity contribution in [3.63, 3.8) is 0 Å². The fourth-order valence-electron chi connectivity index (χ4n) is 1.71. The van der Waals surface area contributed by atoms with E-state index in [1.165, 1.54) is 6.07 Å². The third kappa shape index (κ3) is 1.22. The summed E-state index contributed by atoms with van der Waals surface area (Å²) >= 11 is 3.26. The van der Waals surface area contributed by atoms with Gasteiger partial charge in [-0.1, -0.05) is 22.9 Å². The van der Waals surface area contributed by atoms with Crippen molar-refractivity contribution in [1.82, 2.24) is 0 Å². The van der Waals surface area contributed by atoms with Crippen LogP contribution in [-0.2, 0) is 6.42 Å². The standard InChI is InChI=1S/C10H8BrFO/c1-5-4-6-8(12)3-2-7(11)9(6)10(5)13/h2-3,5H,4H2,1H3. The highest BCUT2D eigenvalue weighted by atomic mass is 79.9. The van der Waals surface area contributed by atoms with Gasteiger partial charge in [0.05, 0.1) is 0 Å². The number of carbonyl (C=O) groups is 1. The Labute approximate surface area is 84.1 Å². The van der Waals surface area contributed by atoms with Gasteiger partial charge in [0.2, 0.25) is 0 Å². The zero-order chi connectivity index (χ0) is 9.59. The highest BCUT2D eigenvalue weighted by Gasteiger charge is 2.31. The van der Waals surface area contributed by atoms with Crippen molar-refractivity contribution in [3.8, 4) is 0 Å². The molecular weight excluding hydrogens is 235 g/mol. The summed E-state index contributed by atoms with van der Waals surface area (Å²) in [5.74, 6) is -0.305. The summed E-state index contributed by atoms with van der Waals surface area (Å²) in [6.45, 7) is 1.83. The Morgan fingerprint density at radius 3 is 2.85 bits per heavy atom. The SMILES string of the molecule is CC1Cc2c(F)ccc(Br)c2C1=O. The maximum Gasteiger partial charge on any atom is 0.167 e. The predicted molar refractivity (Wildman–Crippen MR) is 51.3 cm³/mol. The Kier molecular flexibility index (Phi) is 1.99. The van der Waals surface area contributed by atoms with Crippen molar-refractivity contribution < 1.29 is 9.18 Å². The number of ketones is 1. The van der Waals surface area contributed by atoms with Crippen molar-refractivity contribution in [2.45, 2.75) is 13.3 Å². The first-order valence-corrected chi connectivity index (χ1v) is 4.91. The quantitative estimate of drug-likeness (QED) is 0.684. The van der Waals surface area contributed by atoms with E-state index in [9.17, 15) is 9.18 Å². The van der Waals surface area contributed by atoms with Gasteiger partial charge in [-0.15, -0.1) is 0 Å². The van der Waals surface area contributed by atoms with E-state index in [1.54, 1.807) is 6.07 Å². The Morgan fingerprint density at radius 1 is 1.54 bits per heavy atom. The monoisotopic (exact) mass is 242 g/mol. The summed E-state index contributed by atoms with van der Waals surface area (Å²) in [6.07, 6.45) is 0.527. The second-order valence-corrected chi connectivity index (χ2v) is 4.21. The van der Waals surface area contributed by atoms with Crippen LogP contribution >= 0.6 is 15.9 Å². The first-order valence-electron chi connectivity index (χ1n) is 4.12. The third-order valence-corrected chi connectivity index (χ3v) is 3.07. The lowest BCUT2D eigenvalue weighted by molar-refractivity contribution is 0.0945. The fourth-order valence-corrected chi connectivity index (χ4v) is 2.27. The first-order chi connectivity index (χ1) is 6.11. The van der Waals surface area contributed by atoms with Gasteiger partial charge >= 0.3 is 0 Å². The van der Waals surface area contributed by atoms with Crippen LogP contribution in [0.3, 0.4) is 0 Å². The molecule has 0 N–H and O–H groups in total. The summed E-state index contributed by atoms with van der Waals surface area (Å²) in [5, 5.41) is 0. The van der Waals surface area contributed by atoms with E-state index in [0.717, 1.165) is 0 Å². The normalized spacial score (nSPS) is 20.5. The molecule has 2 rings (SSSR count). The van der Waals surface area contributed by atoms with Crippen molar-refractivity contribution in [1.29, 1.82) is 0 Å². The molecule has 0 amide bonds. The molecule has 68 valence electrons. The van der Waals surface area contributed by atoms with Gasteiger partial charge in [0, 0.05) is 21.5 Å². The van der Waals surface area contributed by atoms with Crippen LogP contribution in [0.15, 0.2) is 16.6 Å². The summed E-state index contributed by atoms with van der Waals surface area (Å²) < 4.78 is 14.0. The number of rotatable bonds is 0. The average molecular weight is 243 g/mol. The van der Waals surface area contributed by atoms with Crippen molar-refractivity contribution >= 4 is 21.7 Å². The second-order valence-electron chi connectivity index (χ2n) is 3.35. The van der Waals surface area contributed by atoms with Gasteiger partial charge in [-0.05, 0) is 18.6 Å². The number of halogens is 2. The molecule has 3 heteroatoms. The van der Waals surface area contributed by atoms with Crippen LogP contribution in [0, 0.1) is 11.7 Å². The lowest BCUT2D eigenvalue weighted by atomic mass is 10.1. The number of hydrogen-bond acceptors (Lipinski definition) is 1. The van der Waals surface area contributed by atoms with Crippen LogP contribution in [0.25, 0.3) is 0 Å². The van der Waals surface area contributed by atoms with Gasteiger partial charge in [-0.2, -0.15) is 0 Å². The number of Topliss-reactive ketones (excluding diaryl/α,β-unsaturated/α-hetero) is 1. The summed E-state index contributed by atoms with van der Waals surface area (Å²) in [5.41, 5.74) is 1.10. The molecule has 1 aliphatic rings. The van der Waals surface area contributed by atoms with Gasteiger partial charge in [0.1, 0.15) is 5.82 Å². The average Bonchev–Trinajstić information content (AvgIpc) is 2.38. The van der Waals surface area contributed by atoms with Gasteiger partial charge in [-0.25, -0.2) is 4.39 Å². The Balaban J connectivity index is 2.68. The molecule has 1 nitrogen and oxygen atoms in total. The molecule has 1 aromatic carbocycles. The molecule has 0 aliphatic heterocycles. The number of benzene rings is 1. The smallest absolute Gasteiger partial charge is 0.167 e. The Hall–Kier alpha value is -0.700. The molecule has 0 heterocycles. The number of carbonyl (C=O) groups excluding carboxylic acids is 1. The van der Waals surface area contributed by atoms with Gasteiger partial charge in [-0.3, -0.25) is 4.79 Å². The molecule has 1 atom stereocenters. The highest BCUT2D eigenvalue weighted by molar-refractivity contribution is 9.10. The minimum atomic E-state index is -0.268. The minimum absolute atomic E-state index is 0.0429. The van der Waals surface area contributed by atoms with Crippen LogP contribution in [0.2, 0.25) is 0 Å². The molecule has 1 aromatic rings. The van der Waals surface area contributed by atoms with E-state index in [1.807, 2.05) is 6.92 Å². The van der Waals surface area contributed by atoms with Crippen molar-refractivity contribution in [2.24, 2.45) is 5.92 Å². The molecule has 13 heavy (non-hydrogen) atoms. The Morgan fingerprint density at radius 2 is 2.23 bits per heavy atom. The van der Waals surface area contributed by atoms with Crippen LogP contribution in [-0.4, -0.2) is 5.78 Å². The van der Waals surface area contributed by atoms with Crippen molar-refractivity contribution in [2.75, 3.05) is 0 Å². The van der Waals surface area contributed by atoms with E-state index < -0.39 is 0 Å². The summed E-state index contributed by atoms with van der Waals surface area (Å²) in [6, 6.07) is 2.98. The molecule has 0 saturated heterocycles. The van der Waals surface area contributed by atoms with E-state index in [4.69, 9.17) is 0 Å². The molecule has 0 fully saturated rings. The van der Waals surface area contributed by atoms with Crippen LogP contribution in [0.4, 0.5) is 4.39 Å². The van der Waals surface area contributed by atoms with E-state index >= 15 is 0 Å². The van der Waals surface area contributed by atoms with Gasteiger partial charge < -0.3 is 0 Å². The third-order valence-electron chi connectivity index (χ3n) is 2.41. The number of hydrogen-bond donors (Lipinski definition) is 0. The van der Waals surface area contributed by atoms with E-state index in [0.29, 0.717) is 22.0 Å². The minimum Gasteiger partial charge on any atom is -0.294 e. The summed E-state index contributed by atoms with van der Waals surface area (Å²) in [4.78, 5) is 11.6. The lowest BCUT2D eigenvalue weighted by Crippen LogP contribution is -2.03. The molecule has 0 bridgehead atoms. The molecule has 1 aliphatic carbocycles. The lowest BCUT2D eigenvalue weighted by Gasteiger charge is -2.00. The molecule has 0 radical (unpaired) electrons. The molecule has 0 aromatic heterocycles. The predicted octanol–water partition coefficient (Wildman–Crippen LogP) is 2.96. The molecule has 1 unspecified atom stereocenters. The fraction of sp³-hybridized carbons (Fsp3) is 0.300. The highest BCUT2D eigenvalue weighted by Crippen LogP contribution is 2.33. The maximum atomic E-state index is 13.2. The molecule has 0 saturated carbocycles. The Bertz CT molecular complexity index is 387. The number of fused-ring (bicyclic) bond motifs is 1. The molecular formula is C10H8BrFO. The largest absolute Gasteiger partial charge is 0.294 e. The first kappa shape index (κ1) is 8.88. The molecule has 0 spiro atoms. The summed E-state index contributed by atoms with van der Waals surface area (Å²) in [7, 11) is 0. The van der Waals surface area contributed by atoms with E-state index in [-0.39, 0.29) is 17.5 Å². The second kappa shape index (κ2) is 2.91. The zero-order valence-corrected chi connectivity index (χ0v) is 8.69. The van der Waals surface area contributed by atoms with Gasteiger partial charge in [0.25, 0.3) is 0 Å². The van der Waals surface area contributed by atoms with Crippen LogP contribution in [0.1, 0.15) is 22.8 Å². The van der Waals surface area contributed by atoms with E-state index in [2.05, 4.69) is 15.9 Å². The van der Waals surface area contributed by atoms with Crippen LogP contribution < -0.4 is 0 Å².